The van der Waals surface area contributed by atoms with Crippen molar-refractivity contribution in [1.29, 1.82) is 0 Å². The molecule has 3 aromatic carbocycles. The summed E-state index contributed by atoms with van der Waals surface area (Å²) in [5.74, 6) is -0.0623. The van der Waals surface area contributed by atoms with Crippen LogP contribution in [0.4, 0.5) is 5.69 Å². The van der Waals surface area contributed by atoms with Gasteiger partial charge in [0.1, 0.15) is 24.1 Å². The number of rotatable bonds is 14. The fourth-order valence-corrected chi connectivity index (χ4v) is 5.55. The molecule has 1 unspecified atom stereocenters. The highest BCUT2D eigenvalue weighted by Gasteiger charge is 2.33. The number of hydrogen-bond acceptors (Lipinski definition) is 6. The van der Waals surface area contributed by atoms with Crippen molar-refractivity contribution in [2.75, 3.05) is 31.6 Å². The van der Waals surface area contributed by atoms with E-state index in [1.165, 1.54) is 31.3 Å². The third-order valence-corrected chi connectivity index (χ3v) is 8.25. The molecule has 3 rings (SSSR count). The first-order chi connectivity index (χ1) is 19.2. The first-order valence-corrected chi connectivity index (χ1v) is 14.6. The molecule has 9 nitrogen and oxygen atoms in total. The molecule has 1 atom stereocenters. The summed E-state index contributed by atoms with van der Waals surface area (Å²) in [6.45, 7) is 3.74. The summed E-state index contributed by atoms with van der Waals surface area (Å²) < 4.78 is 39.6. The zero-order valence-electron chi connectivity index (χ0n) is 23.4. The number of para-hydroxylation sites is 2. The lowest BCUT2D eigenvalue weighted by Gasteiger charge is -2.32. The second kappa shape index (κ2) is 14.4. The summed E-state index contributed by atoms with van der Waals surface area (Å²) in [5.41, 5.74) is 1.01. The molecule has 40 heavy (non-hydrogen) atoms. The van der Waals surface area contributed by atoms with Gasteiger partial charge in [0.15, 0.2) is 0 Å². The molecule has 10 heteroatoms. The van der Waals surface area contributed by atoms with E-state index in [0.717, 1.165) is 22.7 Å². The number of unbranched alkanes of at least 4 members (excludes halogenated alkanes) is 1. The third-order valence-electron chi connectivity index (χ3n) is 6.47. The van der Waals surface area contributed by atoms with Crippen LogP contribution in [0.2, 0.25) is 0 Å². The van der Waals surface area contributed by atoms with E-state index in [-0.39, 0.29) is 28.8 Å². The molecule has 0 fully saturated rings. The Balaban J connectivity index is 2.02. The van der Waals surface area contributed by atoms with Gasteiger partial charge in [0.05, 0.1) is 24.8 Å². The van der Waals surface area contributed by atoms with Gasteiger partial charge >= 0.3 is 0 Å². The first-order valence-electron chi connectivity index (χ1n) is 13.1. The van der Waals surface area contributed by atoms with Crippen LogP contribution in [0.3, 0.4) is 0 Å². The molecular weight excluding hydrogens is 530 g/mol. The maximum atomic E-state index is 14.0. The van der Waals surface area contributed by atoms with Gasteiger partial charge in [-0.1, -0.05) is 55.8 Å². The molecule has 214 valence electrons. The minimum Gasteiger partial charge on any atom is -0.497 e. The quantitative estimate of drug-likeness (QED) is 0.292. The highest BCUT2D eigenvalue weighted by molar-refractivity contribution is 7.92. The van der Waals surface area contributed by atoms with E-state index in [4.69, 9.17) is 9.47 Å². The van der Waals surface area contributed by atoms with E-state index < -0.39 is 28.5 Å². The van der Waals surface area contributed by atoms with Crippen molar-refractivity contribution in [2.45, 2.75) is 44.2 Å². The predicted octanol–water partition coefficient (Wildman–Crippen LogP) is 4.23. The number of ether oxygens (including phenoxy) is 2. The molecule has 0 aromatic heterocycles. The average molecular weight is 568 g/mol. The predicted molar refractivity (Wildman–Crippen MR) is 155 cm³/mol. The van der Waals surface area contributed by atoms with Crippen LogP contribution in [0, 0.1) is 0 Å². The summed E-state index contributed by atoms with van der Waals surface area (Å²) in [5, 5.41) is 2.88. The molecule has 0 aliphatic heterocycles. The Morgan fingerprint density at radius 2 is 1.55 bits per heavy atom. The Morgan fingerprint density at radius 1 is 0.900 bits per heavy atom. The monoisotopic (exact) mass is 567 g/mol. The van der Waals surface area contributed by atoms with Crippen molar-refractivity contribution < 1.29 is 27.5 Å². The fraction of sp³-hybridized carbons (Fsp3) is 0.333. The Kier molecular flexibility index (Phi) is 11.0. The summed E-state index contributed by atoms with van der Waals surface area (Å²) in [6.07, 6.45) is 1.73. The molecule has 1 N–H and O–H groups in total. The molecular formula is C30H37N3O6S. The lowest BCUT2D eigenvalue weighted by molar-refractivity contribution is -0.139. The standard InChI is InChI=1S/C30H37N3O6S/c1-5-6-20-31-30(35)23(2)32(21-24-12-8-7-9-13-24)29(34)22-33(27-14-10-11-15-28(27)39-4)40(36,37)26-18-16-25(38-3)17-19-26/h7-19,23H,5-6,20-22H2,1-4H3,(H,31,35). The van der Waals surface area contributed by atoms with Gasteiger partial charge in [0.2, 0.25) is 11.8 Å². The number of methoxy groups -OCH3 is 2. The number of sulfonamides is 1. The maximum Gasteiger partial charge on any atom is 0.264 e. The van der Waals surface area contributed by atoms with Crippen molar-refractivity contribution in [1.82, 2.24) is 10.2 Å². The van der Waals surface area contributed by atoms with Gasteiger partial charge in [-0.25, -0.2) is 8.42 Å². The number of anilines is 1. The summed E-state index contributed by atoms with van der Waals surface area (Å²) in [7, 11) is -1.30. The Bertz CT molecular complexity index is 1360. The van der Waals surface area contributed by atoms with Crippen LogP contribution in [0.15, 0.2) is 83.8 Å². The number of carbonyl (C=O) groups excluding carboxylic acids is 2. The van der Waals surface area contributed by atoms with E-state index in [0.29, 0.717) is 12.3 Å². The number of nitrogens with one attached hydrogen (secondary N) is 1. The van der Waals surface area contributed by atoms with Crippen molar-refractivity contribution in [3.05, 3.63) is 84.4 Å². The van der Waals surface area contributed by atoms with Gasteiger partial charge in [0, 0.05) is 13.1 Å². The van der Waals surface area contributed by atoms with E-state index >= 15 is 0 Å². The zero-order chi connectivity index (χ0) is 29.1. The summed E-state index contributed by atoms with van der Waals surface area (Å²) in [4.78, 5) is 28.4. The van der Waals surface area contributed by atoms with Gasteiger partial charge in [0.25, 0.3) is 10.0 Å². The SMILES string of the molecule is CCCCNC(=O)C(C)N(Cc1ccccc1)C(=O)CN(c1ccccc1OC)S(=O)(=O)c1ccc(OC)cc1. The van der Waals surface area contributed by atoms with Crippen molar-refractivity contribution in [3.63, 3.8) is 0 Å². The lowest BCUT2D eigenvalue weighted by atomic mass is 10.1. The molecule has 0 aliphatic carbocycles. The number of hydrogen-bond donors (Lipinski definition) is 1. The van der Waals surface area contributed by atoms with Crippen molar-refractivity contribution in [2.24, 2.45) is 0 Å². The normalized spacial score (nSPS) is 11.8. The fourth-order valence-electron chi connectivity index (χ4n) is 4.12. The van der Waals surface area contributed by atoms with Crippen LogP contribution in [0.1, 0.15) is 32.3 Å². The molecule has 0 spiro atoms. The Morgan fingerprint density at radius 3 is 2.17 bits per heavy atom. The summed E-state index contributed by atoms with van der Waals surface area (Å²) >= 11 is 0. The molecule has 0 radical (unpaired) electrons. The smallest absolute Gasteiger partial charge is 0.264 e. The van der Waals surface area contributed by atoms with E-state index in [1.54, 1.807) is 43.3 Å². The molecule has 0 saturated heterocycles. The molecule has 0 aliphatic rings. The van der Waals surface area contributed by atoms with Crippen LogP contribution < -0.4 is 19.1 Å². The van der Waals surface area contributed by atoms with E-state index in [1.807, 2.05) is 37.3 Å². The molecule has 0 bridgehead atoms. The Hall–Kier alpha value is -4.05. The second-order valence-corrected chi connectivity index (χ2v) is 11.0. The minimum atomic E-state index is -4.23. The Labute approximate surface area is 236 Å². The number of nitrogens with zero attached hydrogens (tertiary/aromatic N) is 2. The van der Waals surface area contributed by atoms with Crippen molar-refractivity contribution >= 4 is 27.5 Å². The van der Waals surface area contributed by atoms with E-state index in [2.05, 4.69) is 5.32 Å². The summed E-state index contributed by atoms with van der Waals surface area (Å²) in [6, 6.07) is 20.9. The van der Waals surface area contributed by atoms with Gasteiger partial charge in [-0.2, -0.15) is 0 Å². The van der Waals surface area contributed by atoms with Crippen LogP contribution in [-0.4, -0.2) is 58.5 Å². The number of amides is 2. The number of carbonyl (C=O) groups is 2. The van der Waals surface area contributed by atoms with Crippen LogP contribution >= 0.6 is 0 Å². The molecule has 2 amide bonds. The highest BCUT2D eigenvalue weighted by Crippen LogP contribution is 2.33. The average Bonchev–Trinajstić information content (AvgIpc) is 2.98. The highest BCUT2D eigenvalue weighted by atomic mass is 32.2. The second-order valence-electron chi connectivity index (χ2n) is 9.19. The van der Waals surface area contributed by atoms with Gasteiger partial charge in [-0.3, -0.25) is 13.9 Å². The maximum absolute atomic E-state index is 14.0. The first kappa shape index (κ1) is 30.5. The topological polar surface area (TPSA) is 105 Å². The minimum absolute atomic E-state index is 0.0213. The van der Waals surface area contributed by atoms with E-state index in [9.17, 15) is 18.0 Å². The number of benzene rings is 3. The zero-order valence-corrected chi connectivity index (χ0v) is 24.2. The van der Waals surface area contributed by atoms with Crippen LogP contribution in [0.25, 0.3) is 0 Å². The van der Waals surface area contributed by atoms with Gasteiger partial charge in [-0.05, 0) is 55.3 Å². The van der Waals surface area contributed by atoms with Crippen LogP contribution in [0.5, 0.6) is 11.5 Å². The molecule has 0 saturated carbocycles. The van der Waals surface area contributed by atoms with Gasteiger partial charge < -0.3 is 19.7 Å². The van der Waals surface area contributed by atoms with Crippen LogP contribution in [-0.2, 0) is 26.2 Å². The third kappa shape index (κ3) is 7.53. The largest absolute Gasteiger partial charge is 0.497 e. The lowest BCUT2D eigenvalue weighted by Crippen LogP contribution is -2.51. The van der Waals surface area contributed by atoms with Gasteiger partial charge in [-0.15, -0.1) is 0 Å². The van der Waals surface area contributed by atoms with Crippen molar-refractivity contribution in [3.8, 4) is 11.5 Å². The molecule has 0 heterocycles. The molecule has 3 aromatic rings.